The number of anilines is 3. The van der Waals surface area contributed by atoms with E-state index >= 15 is 0 Å². The van der Waals surface area contributed by atoms with Crippen molar-refractivity contribution in [1.29, 1.82) is 0 Å². The van der Waals surface area contributed by atoms with Crippen LogP contribution < -0.4 is 15.0 Å². The Morgan fingerprint density at radius 3 is 2.36 bits per heavy atom. The molecule has 2 amide bonds. The van der Waals surface area contributed by atoms with Gasteiger partial charge in [-0.3, -0.25) is 19.7 Å². The SMILES string of the molecule is COc1ccccc1N1C(=O)c2cccc3c(Nc4cc(C)c(C)cc4Br)c([N+](=O)[O-])cc(c23)C1=O. The number of nitro groups is 1. The van der Waals surface area contributed by atoms with Crippen molar-refractivity contribution < 1.29 is 19.2 Å². The molecule has 0 bridgehead atoms. The van der Waals surface area contributed by atoms with Gasteiger partial charge in [0, 0.05) is 26.9 Å². The number of imide groups is 1. The van der Waals surface area contributed by atoms with E-state index in [1.54, 1.807) is 42.5 Å². The second-order valence-corrected chi connectivity index (χ2v) is 9.32. The molecule has 0 spiro atoms. The Kier molecular flexibility index (Phi) is 5.72. The molecule has 0 saturated carbocycles. The fourth-order valence-electron chi connectivity index (χ4n) is 4.47. The molecule has 0 fully saturated rings. The minimum Gasteiger partial charge on any atom is -0.495 e. The monoisotopic (exact) mass is 545 g/mol. The molecular formula is C27H20BrN3O5. The Morgan fingerprint density at radius 2 is 1.64 bits per heavy atom. The van der Waals surface area contributed by atoms with Gasteiger partial charge in [0.15, 0.2) is 0 Å². The Bertz CT molecular complexity index is 1620. The number of nitro benzene ring substituents is 1. The molecule has 0 aliphatic carbocycles. The van der Waals surface area contributed by atoms with Crippen molar-refractivity contribution in [1.82, 2.24) is 0 Å². The number of amides is 2. The van der Waals surface area contributed by atoms with E-state index in [2.05, 4.69) is 21.2 Å². The summed E-state index contributed by atoms with van der Waals surface area (Å²) in [5.74, 6) is -0.854. The largest absolute Gasteiger partial charge is 0.495 e. The molecule has 0 radical (unpaired) electrons. The lowest BCUT2D eigenvalue weighted by atomic mass is 9.91. The third kappa shape index (κ3) is 3.59. The number of nitrogens with zero attached hydrogens (tertiary/aromatic N) is 2. The van der Waals surface area contributed by atoms with Gasteiger partial charge in [-0.2, -0.15) is 0 Å². The van der Waals surface area contributed by atoms with Crippen LogP contribution in [0.25, 0.3) is 10.8 Å². The van der Waals surface area contributed by atoms with E-state index in [1.807, 2.05) is 26.0 Å². The molecule has 1 aliphatic rings. The predicted octanol–water partition coefficient (Wildman–Crippen LogP) is 6.68. The lowest BCUT2D eigenvalue weighted by Gasteiger charge is -2.28. The van der Waals surface area contributed by atoms with Crippen LogP contribution in [0.3, 0.4) is 0 Å². The van der Waals surface area contributed by atoms with Gasteiger partial charge >= 0.3 is 0 Å². The van der Waals surface area contributed by atoms with Crippen LogP contribution in [0.15, 0.2) is 65.1 Å². The Morgan fingerprint density at radius 1 is 0.944 bits per heavy atom. The first-order valence-electron chi connectivity index (χ1n) is 11.0. The number of halogens is 1. The molecule has 4 aromatic carbocycles. The van der Waals surface area contributed by atoms with Crippen LogP contribution in [0.2, 0.25) is 0 Å². The van der Waals surface area contributed by atoms with E-state index in [0.29, 0.717) is 22.2 Å². The summed E-state index contributed by atoms with van der Waals surface area (Å²) in [4.78, 5) is 39.9. The lowest BCUT2D eigenvalue weighted by molar-refractivity contribution is -0.383. The van der Waals surface area contributed by atoms with Crippen molar-refractivity contribution in [2.75, 3.05) is 17.3 Å². The van der Waals surface area contributed by atoms with Gasteiger partial charge < -0.3 is 10.1 Å². The smallest absolute Gasteiger partial charge is 0.294 e. The molecule has 1 heterocycles. The van der Waals surface area contributed by atoms with Gasteiger partial charge in [-0.25, -0.2) is 4.90 Å². The van der Waals surface area contributed by atoms with Crippen LogP contribution in [0.5, 0.6) is 5.75 Å². The van der Waals surface area contributed by atoms with E-state index < -0.39 is 16.7 Å². The highest BCUT2D eigenvalue weighted by Gasteiger charge is 2.38. The van der Waals surface area contributed by atoms with Gasteiger partial charge in [0.05, 0.1) is 29.0 Å². The van der Waals surface area contributed by atoms with Crippen molar-refractivity contribution in [3.8, 4) is 5.75 Å². The Labute approximate surface area is 214 Å². The molecule has 9 heteroatoms. The third-order valence-electron chi connectivity index (χ3n) is 6.37. The fourth-order valence-corrected chi connectivity index (χ4v) is 5.03. The second kappa shape index (κ2) is 8.76. The van der Waals surface area contributed by atoms with Gasteiger partial charge in [-0.1, -0.05) is 24.3 Å². The molecule has 180 valence electrons. The van der Waals surface area contributed by atoms with Gasteiger partial charge in [0.2, 0.25) is 0 Å². The molecule has 8 nitrogen and oxygen atoms in total. The van der Waals surface area contributed by atoms with Crippen LogP contribution in [0.4, 0.5) is 22.7 Å². The quantitative estimate of drug-likeness (QED) is 0.170. The summed E-state index contributed by atoms with van der Waals surface area (Å²) in [6.45, 7) is 3.92. The van der Waals surface area contributed by atoms with Crippen LogP contribution >= 0.6 is 15.9 Å². The van der Waals surface area contributed by atoms with E-state index in [9.17, 15) is 19.7 Å². The lowest BCUT2D eigenvalue weighted by Crippen LogP contribution is -2.40. The summed E-state index contributed by atoms with van der Waals surface area (Å²) in [5.41, 5.74) is 3.23. The minimum absolute atomic E-state index is 0.0718. The van der Waals surface area contributed by atoms with Gasteiger partial charge in [-0.05, 0) is 71.2 Å². The molecule has 5 rings (SSSR count). The number of nitrogens with one attached hydrogen (secondary N) is 1. The van der Waals surface area contributed by atoms with Gasteiger partial charge in [0.1, 0.15) is 11.4 Å². The maximum atomic E-state index is 13.7. The molecule has 0 aromatic heterocycles. The van der Waals surface area contributed by atoms with Crippen molar-refractivity contribution in [3.05, 3.63) is 97.5 Å². The van der Waals surface area contributed by atoms with Gasteiger partial charge in [0.25, 0.3) is 17.5 Å². The average Bonchev–Trinajstić information content (AvgIpc) is 2.86. The summed E-state index contributed by atoms with van der Waals surface area (Å²) in [6.07, 6.45) is 0. The van der Waals surface area contributed by atoms with Crippen LogP contribution in [-0.2, 0) is 0 Å². The van der Waals surface area contributed by atoms with Crippen LogP contribution in [0, 0.1) is 24.0 Å². The summed E-state index contributed by atoms with van der Waals surface area (Å²) < 4.78 is 6.10. The molecule has 0 unspecified atom stereocenters. The number of ether oxygens (including phenoxy) is 1. The number of hydrogen-bond acceptors (Lipinski definition) is 6. The topological polar surface area (TPSA) is 102 Å². The molecular weight excluding hydrogens is 526 g/mol. The number of methoxy groups -OCH3 is 1. The summed E-state index contributed by atoms with van der Waals surface area (Å²) in [7, 11) is 1.44. The standard InChI is InChI=1S/C27H20BrN3O5/c1-14-11-19(28)20(12-15(14)2)29-25-16-7-6-8-17-24(16)18(13-22(25)31(34)35)27(33)30(26(17)32)21-9-4-5-10-23(21)36-3/h4-13,29H,1-3H3. The highest BCUT2D eigenvalue weighted by atomic mass is 79.9. The summed E-state index contributed by atoms with van der Waals surface area (Å²) >= 11 is 3.53. The van der Waals surface area contributed by atoms with Crippen LogP contribution in [-0.4, -0.2) is 23.8 Å². The highest BCUT2D eigenvalue weighted by Crippen LogP contribution is 2.44. The number of hydrogen-bond donors (Lipinski definition) is 1. The summed E-state index contributed by atoms with van der Waals surface area (Å²) in [5, 5.41) is 16.2. The van der Waals surface area contributed by atoms with Crippen molar-refractivity contribution in [2.45, 2.75) is 13.8 Å². The van der Waals surface area contributed by atoms with E-state index in [-0.39, 0.29) is 28.2 Å². The van der Waals surface area contributed by atoms with Crippen molar-refractivity contribution in [2.24, 2.45) is 0 Å². The zero-order valence-electron chi connectivity index (χ0n) is 19.6. The molecule has 36 heavy (non-hydrogen) atoms. The minimum atomic E-state index is -0.657. The zero-order valence-corrected chi connectivity index (χ0v) is 21.2. The first kappa shape index (κ1) is 23.5. The number of aryl methyl sites for hydroxylation is 2. The van der Waals surface area contributed by atoms with Crippen molar-refractivity contribution in [3.63, 3.8) is 0 Å². The fraction of sp³-hybridized carbons (Fsp3) is 0.111. The molecule has 1 N–H and O–H groups in total. The molecule has 4 aromatic rings. The molecule has 1 aliphatic heterocycles. The second-order valence-electron chi connectivity index (χ2n) is 8.46. The number of benzene rings is 4. The third-order valence-corrected chi connectivity index (χ3v) is 7.03. The van der Waals surface area contributed by atoms with Gasteiger partial charge in [-0.15, -0.1) is 0 Å². The number of para-hydroxylation sites is 2. The maximum absolute atomic E-state index is 13.7. The average molecular weight is 546 g/mol. The first-order chi connectivity index (χ1) is 17.2. The van der Waals surface area contributed by atoms with E-state index in [1.165, 1.54) is 13.2 Å². The van der Waals surface area contributed by atoms with E-state index in [4.69, 9.17) is 4.74 Å². The highest BCUT2D eigenvalue weighted by molar-refractivity contribution is 9.10. The maximum Gasteiger partial charge on any atom is 0.294 e. The number of carbonyl (C=O) groups excluding carboxylic acids is 2. The number of carbonyl (C=O) groups is 2. The molecule has 0 saturated heterocycles. The van der Waals surface area contributed by atoms with E-state index in [0.717, 1.165) is 20.5 Å². The Balaban J connectivity index is 1.76. The normalized spacial score (nSPS) is 12.7. The molecule has 0 atom stereocenters. The summed E-state index contributed by atoms with van der Waals surface area (Å²) in [6, 6.07) is 16.6. The first-order valence-corrected chi connectivity index (χ1v) is 11.8. The van der Waals surface area contributed by atoms with Crippen LogP contribution in [0.1, 0.15) is 31.8 Å². The van der Waals surface area contributed by atoms with Crippen molar-refractivity contribution >= 4 is 61.3 Å². The number of rotatable bonds is 5. The zero-order chi connectivity index (χ0) is 25.7. The Hall–Kier alpha value is -4.24. The predicted molar refractivity (Wildman–Crippen MR) is 142 cm³/mol.